The Kier molecular flexibility index (Phi) is 9.83. The molecule has 2 atom stereocenters. The summed E-state index contributed by atoms with van der Waals surface area (Å²) in [6.07, 6.45) is 3.97. The first-order chi connectivity index (χ1) is 24.3. The maximum atomic E-state index is 13.8. The standard InChI is InChI=1S/C38H44N4O9/c1-22-13-24-19-39-27-17-32(30(47-6)15-25(27)34(43)40(24)20-22)49-11-9-8-10-12-50-33-18-28-26(16-31(33)48-7)35(44)41-21-23(2)14-29(41)36(45)42(28)37(46)51-38(3,4)5/h15-19,24,29H,1-2,8-14,20-21H2,3-7H3/t24-,29-/m0/s1. The molecule has 0 unspecified atom stereocenters. The molecule has 13 heteroatoms. The van der Waals surface area contributed by atoms with Gasteiger partial charge in [0.15, 0.2) is 23.0 Å². The number of methoxy groups -OCH3 is 2. The summed E-state index contributed by atoms with van der Waals surface area (Å²) in [5.74, 6) is 0.445. The highest BCUT2D eigenvalue weighted by Gasteiger charge is 2.47. The van der Waals surface area contributed by atoms with Gasteiger partial charge in [-0.3, -0.25) is 19.4 Å². The molecule has 13 nitrogen and oxygen atoms in total. The van der Waals surface area contributed by atoms with Crippen molar-refractivity contribution in [3.05, 3.63) is 59.7 Å². The zero-order valence-electron chi connectivity index (χ0n) is 29.8. The van der Waals surface area contributed by atoms with E-state index in [1.807, 2.05) is 0 Å². The smallest absolute Gasteiger partial charge is 0.421 e. The van der Waals surface area contributed by atoms with E-state index in [0.717, 1.165) is 22.5 Å². The van der Waals surface area contributed by atoms with Crippen LogP contribution in [0.15, 0.2) is 53.6 Å². The third kappa shape index (κ3) is 7.15. The minimum Gasteiger partial charge on any atom is -0.493 e. The summed E-state index contributed by atoms with van der Waals surface area (Å²) in [6, 6.07) is 5.44. The predicted molar refractivity (Wildman–Crippen MR) is 190 cm³/mol. The average molecular weight is 701 g/mol. The number of amides is 4. The number of ether oxygens (including phenoxy) is 5. The molecule has 4 amide bonds. The topological polar surface area (TPSA) is 137 Å². The Balaban J connectivity index is 1.10. The van der Waals surface area contributed by atoms with Crippen LogP contribution in [-0.2, 0) is 9.53 Å². The molecule has 6 rings (SSSR count). The average Bonchev–Trinajstić information content (AvgIpc) is 3.61. The number of aliphatic imine (C=N–C) groups is 1. The number of anilines is 1. The van der Waals surface area contributed by atoms with Crippen molar-refractivity contribution >= 4 is 41.4 Å². The lowest BCUT2D eigenvalue weighted by molar-refractivity contribution is -0.121. The molecule has 0 bridgehead atoms. The lowest BCUT2D eigenvalue weighted by atomic mass is 10.1. The van der Waals surface area contributed by atoms with Crippen molar-refractivity contribution in [2.24, 2.45) is 4.99 Å². The van der Waals surface area contributed by atoms with E-state index < -0.39 is 29.6 Å². The number of hydrogen-bond donors (Lipinski definition) is 0. The van der Waals surface area contributed by atoms with Crippen molar-refractivity contribution in [3.63, 3.8) is 0 Å². The molecule has 0 radical (unpaired) electrons. The van der Waals surface area contributed by atoms with E-state index >= 15 is 0 Å². The largest absolute Gasteiger partial charge is 0.493 e. The summed E-state index contributed by atoms with van der Waals surface area (Å²) in [4.78, 5) is 62.9. The van der Waals surface area contributed by atoms with Crippen molar-refractivity contribution in [3.8, 4) is 23.0 Å². The number of rotatable bonds is 10. The van der Waals surface area contributed by atoms with Crippen LogP contribution in [0.4, 0.5) is 16.2 Å². The second-order valence-electron chi connectivity index (χ2n) is 14.1. The van der Waals surface area contributed by atoms with Crippen molar-refractivity contribution in [2.75, 3.05) is 45.4 Å². The molecule has 2 aromatic rings. The van der Waals surface area contributed by atoms with E-state index in [4.69, 9.17) is 23.7 Å². The Hall–Kier alpha value is -5.33. The van der Waals surface area contributed by atoms with Crippen LogP contribution in [0.25, 0.3) is 0 Å². The Morgan fingerprint density at radius 3 is 2.04 bits per heavy atom. The fraction of sp³-hybridized carbons (Fsp3) is 0.447. The lowest BCUT2D eigenvalue weighted by Crippen LogP contribution is -2.48. The number of nitrogens with zero attached hydrogens (tertiary/aromatic N) is 4. The predicted octanol–water partition coefficient (Wildman–Crippen LogP) is 5.87. The number of unbranched alkanes of at least 4 members (excludes halogenated alkanes) is 2. The normalized spacial score (nSPS) is 19.6. The number of carbonyl (C=O) groups excluding carboxylic acids is 4. The summed E-state index contributed by atoms with van der Waals surface area (Å²) in [7, 11) is 3.00. The fourth-order valence-electron chi connectivity index (χ4n) is 6.68. The second-order valence-corrected chi connectivity index (χ2v) is 14.1. The Bertz CT molecular complexity index is 1830. The van der Waals surface area contributed by atoms with Crippen LogP contribution in [0.2, 0.25) is 0 Å². The highest BCUT2D eigenvalue weighted by molar-refractivity contribution is 6.21. The number of imide groups is 1. The molecule has 0 aliphatic carbocycles. The summed E-state index contributed by atoms with van der Waals surface area (Å²) in [6.45, 7) is 14.5. The molecule has 2 saturated heterocycles. The van der Waals surface area contributed by atoms with E-state index in [1.54, 1.807) is 44.0 Å². The first-order valence-corrected chi connectivity index (χ1v) is 17.1. The molecule has 4 aliphatic heterocycles. The third-order valence-corrected chi connectivity index (χ3v) is 9.10. The second kappa shape index (κ2) is 14.1. The van der Waals surface area contributed by atoms with Crippen LogP contribution in [0, 0.1) is 0 Å². The van der Waals surface area contributed by atoms with Gasteiger partial charge in [-0.25, -0.2) is 9.69 Å². The number of benzene rings is 2. The number of hydrogen-bond acceptors (Lipinski definition) is 10. The summed E-state index contributed by atoms with van der Waals surface area (Å²) in [5, 5.41) is 0. The molecule has 270 valence electrons. The van der Waals surface area contributed by atoms with Gasteiger partial charge in [-0.05, 0) is 65.0 Å². The van der Waals surface area contributed by atoms with Gasteiger partial charge in [-0.15, -0.1) is 0 Å². The Labute approximate surface area is 297 Å². The van der Waals surface area contributed by atoms with Gasteiger partial charge in [0.1, 0.15) is 11.6 Å². The zero-order chi connectivity index (χ0) is 36.6. The molecule has 4 heterocycles. The van der Waals surface area contributed by atoms with Crippen molar-refractivity contribution in [1.82, 2.24) is 9.80 Å². The molecule has 0 N–H and O–H groups in total. The molecule has 0 saturated carbocycles. The van der Waals surface area contributed by atoms with Crippen molar-refractivity contribution < 1.29 is 42.9 Å². The van der Waals surface area contributed by atoms with Gasteiger partial charge in [0.2, 0.25) is 0 Å². The van der Waals surface area contributed by atoms with Gasteiger partial charge in [0.25, 0.3) is 17.7 Å². The van der Waals surface area contributed by atoms with Crippen molar-refractivity contribution in [1.29, 1.82) is 0 Å². The molecule has 0 spiro atoms. The van der Waals surface area contributed by atoms with Crippen LogP contribution in [0.3, 0.4) is 0 Å². The molecule has 4 aliphatic rings. The van der Waals surface area contributed by atoms with E-state index in [9.17, 15) is 19.2 Å². The van der Waals surface area contributed by atoms with Gasteiger partial charge < -0.3 is 33.5 Å². The molecule has 2 aromatic carbocycles. The molecular weight excluding hydrogens is 656 g/mol. The maximum absolute atomic E-state index is 13.8. The van der Waals surface area contributed by atoms with E-state index in [2.05, 4.69) is 18.2 Å². The quantitative estimate of drug-likeness (QED) is 0.220. The Morgan fingerprint density at radius 2 is 1.39 bits per heavy atom. The molecular formula is C38H44N4O9. The Morgan fingerprint density at radius 1 is 0.804 bits per heavy atom. The first-order valence-electron chi connectivity index (χ1n) is 17.1. The molecule has 2 fully saturated rings. The SMILES string of the molecule is C=C1C[C@H]2C=Nc3cc(OCCCCCOc4cc5c(cc4OC)C(=O)N4CC(=C)C[C@H]4C(=O)N5C(=O)OC(C)(C)C)c(OC)cc3C(=O)N2C1. The molecule has 0 aromatic heterocycles. The number of carbonyl (C=O) groups is 4. The van der Waals surface area contributed by atoms with Crippen molar-refractivity contribution in [2.45, 2.75) is 70.6 Å². The highest BCUT2D eigenvalue weighted by atomic mass is 16.6. The monoisotopic (exact) mass is 700 g/mol. The van der Waals surface area contributed by atoms with E-state index in [-0.39, 0.29) is 41.9 Å². The van der Waals surface area contributed by atoms with Gasteiger partial charge in [-0.1, -0.05) is 24.3 Å². The van der Waals surface area contributed by atoms with E-state index in [0.29, 0.717) is 67.5 Å². The van der Waals surface area contributed by atoms with Crippen LogP contribution < -0.4 is 23.8 Å². The zero-order valence-corrected chi connectivity index (χ0v) is 29.8. The summed E-state index contributed by atoms with van der Waals surface area (Å²) in [5.41, 5.74) is 2.06. The summed E-state index contributed by atoms with van der Waals surface area (Å²) < 4.78 is 28.9. The van der Waals surface area contributed by atoms with Crippen LogP contribution >= 0.6 is 0 Å². The summed E-state index contributed by atoms with van der Waals surface area (Å²) >= 11 is 0. The first kappa shape index (κ1) is 35.5. The van der Waals surface area contributed by atoms with Gasteiger partial charge in [0, 0.05) is 31.4 Å². The van der Waals surface area contributed by atoms with Crippen LogP contribution in [-0.4, -0.2) is 98.0 Å². The minimum absolute atomic E-state index is 0.0787. The van der Waals surface area contributed by atoms with Crippen LogP contribution in [0.1, 0.15) is 73.6 Å². The third-order valence-electron chi connectivity index (χ3n) is 9.10. The van der Waals surface area contributed by atoms with Gasteiger partial charge in [0.05, 0.1) is 56.0 Å². The van der Waals surface area contributed by atoms with Crippen LogP contribution in [0.5, 0.6) is 23.0 Å². The lowest BCUT2D eigenvalue weighted by Gasteiger charge is -2.28. The minimum atomic E-state index is -0.881. The molecule has 51 heavy (non-hydrogen) atoms. The van der Waals surface area contributed by atoms with E-state index in [1.165, 1.54) is 31.3 Å². The van der Waals surface area contributed by atoms with Gasteiger partial charge in [-0.2, -0.15) is 0 Å². The highest BCUT2D eigenvalue weighted by Crippen LogP contribution is 2.42. The number of fused-ring (bicyclic) bond motifs is 4. The fourth-order valence-corrected chi connectivity index (χ4v) is 6.68. The maximum Gasteiger partial charge on any atom is 0.421 e. The van der Waals surface area contributed by atoms with Gasteiger partial charge >= 0.3 is 6.09 Å².